The Balaban J connectivity index is 0.000000534. The van der Waals surface area contributed by atoms with Crippen LogP contribution in [0.2, 0.25) is 0 Å². The van der Waals surface area contributed by atoms with Crippen molar-refractivity contribution in [3.05, 3.63) is 29.1 Å². The zero-order valence-electron chi connectivity index (χ0n) is 22.9. The maximum absolute atomic E-state index is 14.1. The highest BCUT2D eigenvalue weighted by Crippen LogP contribution is 2.43. The first-order chi connectivity index (χ1) is 15.5. The van der Waals surface area contributed by atoms with Crippen molar-refractivity contribution in [2.24, 2.45) is 10.9 Å². The normalized spacial score (nSPS) is 15.7. The lowest BCUT2D eigenvalue weighted by atomic mass is 9.88. The fourth-order valence-electron chi connectivity index (χ4n) is 3.37. The first-order valence-corrected chi connectivity index (χ1v) is 13.1. The van der Waals surface area contributed by atoms with Gasteiger partial charge in [-0.05, 0) is 70.4 Å². The van der Waals surface area contributed by atoms with Gasteiger partial charge in [0.1, 0.15) is 11.6 Å². The van der Waals surface area contributed by atoms with Crippen LogP contribution in [0.4, 0.5) is 10.1 Å². The van der Waals surface area contributed by atoms with E-state index in [9.17, 15) is 9.18 Å². The van der Waals surface area contributed by atoms with Gasteiger partial charge in [-0.15, -0.1) is 0 Å². The molecule has 0 spiro atoms. The topological polar surface area (TPSA) is 49.7 Å². The van der Waals surface area contributed by atoms with E-state index in [0.717, 1.165) is 48.6 Å². The summed E-state index contributed by atoms with van der Waals surface area (Å²) in [6, 6.07) is 3.88. The molecule has 1 aromatic rings. The standard InChI is InChI=1S/C15H20FN.C7H14O2.C5H10.C2H6/c1-4-5-10(2)17-14-9-8-13(12-6-7-12)15(16)11(14)3;1-4-6(8)5-7(2,3)9;1-5-3-2-4-5;1-2/h8-9,12H,4-7H2,1-3H3;9H,4-5H2,1-3H3;5H,2-4H2,1H3;1-2H3. The van der Waals surface area contributed by atoms with Gasteiger partial charge in [-0.1, -0.05) is 66.4 Å². The maximum Gasteiger partial charge on any atom is 0.135 e. The lowest BCUT2D eigenvalue weighted by Crippen LogP contribution is -2.22. The number of Topliss-reactive ketones (excluding diaryl/α,β-unsaturated/α-hetero) is 1. The number of carbonyl (C=O) groups excluding carboxylic acids is 1. The summed E-state index contributed by atoms with van der Waals surface area (Å²) in [7, 11) is 0. The number of nitrogens with zero attached hydrogens (tertiary/aromatic N) is 1. The van der Waals surface area contributed by atoms with Crippen molar-refractivity contribution in [2.75, 3.05) is 0 Å². The minimum Gasteiger partial charge on any atom is -0.390 e. The molecule has 0 atom stereocenters. The minimum atomic E-state index is -0.826. The molecule has 33 heavy (non-hydrogen) atoms. The molecule has 2 aliphatic carbocycles. The number of carbonyl (C=O) groups is 1. The molecule has 0 aliphatic heterocycles. The third-order valence-corrected chi connectivity index (χ3v) is 5.75. The van der Waals surface area contributed by atoms with Crippen LogP contribution < -0.4 is 0 Å². The van der Waals surface area contributed by atoms with Crippen molar-refractivity contribution in [3.63, 3.8) is 0 Å². The van der Waals surface area contributed by atoms with E-state index in [0.29, 0.717) is 17.9 Å². The molecule has 3 rings (SSSR count). The molecular formula is C29H50FNO2. The molecule has 4 heteroatoms. The van der Waals surface area contributed by atoms with E-state index >= 15 is 0 Å². The van der Waals surface area contributed by atoms with E-state index in [1.165, 1.54) is 19.3 Å². The molecule has 3 nitrogen and oxygen atoms in total. The van der Waals surface area contributed by atoms with Gasteiger partial charge in [0.05, 0.1) is 11.3 Å². The quantitative estimate of drug-likeness (QED) is 0.410. The largest absolute Gasteiger partial charge is 0.390 e. The Morgan fingerprint density at radius 1 is 1.15 bits per heavy atom. The maximum atomic E-state index is 14.1. The number of aliphatic hydroxyl groups is 1. The highest BCUT2D eigenvalue weighted by molar-refractivity contribution is 5.85. The van der Waals surface area contributed by atoms with E-state index in [1.807, 2.05) is 39.8 Å². The molecule has 0 saturated heterocycles. The Labute approximate surface area is 203 Å². The van der Waals surface area contributed by atoms with Gasteiger partial charge in [-0.25, -0.2) is 4.39 Å². The first kappa shape index (κ1) is 31.4. The highest BCUT2D eigenvalue weighted by atomic mass is 19.1. The van der Waals surface area contributed by atoms with Gasteiger partial charge < -0.3 is 5.11 Å². The molecule has 2 saturated carbocycles. The van der Waals surface area contributed by atoms with Crippen LogP contribution in [0, 0.1) is 18.7 Å². The van der Waals surface area contributed by atoms with E-state index in [4.69, 9.17) is 5.11 Å². The summed E-state index contributed by atoms with van der Waals surface area (Å²) in [6.07, 6.45) is 9.57. The van der Waals surface area contributed by atoms with Crippen molar-refractivity contribution in [1.82, 2.24) is 0 Å². The smallest absolute Gasteiger partial charge is 0.135 e. The van der Waals surface area contributed by atoms with Crippen molar-refractivity contribution >= 4 is 17.2 Å². The number of hydrogen-bond donors (Lipinski definition) is 1. The fraction of sp³-hybridized carbons (Fsp3) is 0.724. The van der Waals surface area contributed by atoms with Crippen LogP contribution in [0.15, 0.2) is 17.1 Å². The van der Waals surface area contributed by atoms with Gasteiger partial charge in [-0.3, -0.25) is 9.79 Å². The molecule has 0 aromatic heterocycles. The van der Waals surface area contributed by atoms with Crippen LogP contribution in [-0.2, 0) is 4.79 Å². The molecule has 0 amide bonds. The van der Waals surface area contributed by atoms with Crippen molar-refractivity contribution < 1.29 is 14.3 Å². The Morgan fingerprint density at radius 2 is 1.70 bits per heavy atom. The van der Waals surface area contributed by atoms with E-state index < -0.39 is 5.60 Å². The van der Waals surface area contributed by atoms with Gasteiger partial charge in [0.25, 0.3) is 0 Å². The van der Waals surface area contributed by atoms with Crippen molar-refractivity contribution in [1.29, 1.82) is 0 Å². The molecule has 2 fully saturated rings. The monoisotopic (exact) mass is 463 g/mol. The van der Waals surface area contributed by atoms with Gasteiger partial charge in [0, 0.05) is 24.1 Å². The average molecular weight is 464 g/mol. The van der Waals surface area contributed by atoms with Crippen LogP contribution in [0.5, 0.6) is 0 Å². The van der Waals surface area contributed by atoms with Crippen LogP contribution in [-0.4, -0.2) is 22.2 Å². The number of hydrogen-bond acceptors (Lipinski definition) is 3. The van der Waals surface area contributed by atoms with E-state index in [1.54, 1.807) is 20.8 Å². The van der Waals surface area contributed by atoms with E-state index in [-0.39, 0.29) is 18.0 Å². The van der Waals surface area contributed by atoms with Crippen molar-refractivity contribution in [3.8, 4) is 0 Å². The second kappa shape index (κ2) is 16.1. The first-order valence-electron chi connectivity index (χ1n) is 13.1. The lowest BCUT2D eigenvalue weighted by molar-refractivity contribution is -0.122. The zero-order chi connectivity index (χ0) is 25.6. The SMILES string of the molecule is CC.CC1CCC1.CCC(=O)CC(C)(C)O.CCCC(C)=Nc1ccc(C2CC2)c(F)c1C. The van der Waals surface area contributed by atoms with Crippen LogP contribution in [0.25, 0.3) is 0 Å². The second-order valence-electron chi connectivity index (χ2n) is 9.90. The summed E-state index contributed by atoms with van der Waals surface area (Å²) in [5, 5.41) is 9.10. The molecule has 1 N–H and O–H groups in total. The number of halogens is 1. The van der Waals surface area contributed by atoms with Crippen molar-refractivity contribution in [2.45, 2.75) is 132 Å². The Hall–Kier alpha value is -1.55. The van der Waals surface area contributed by atoms with Gasteiger partial charge in [0.15, 0.2) is 0 Å². The molecule has 1 aromatic carbocycles. The minimum absolute atomic E-state index is 0.0435. The predicted molar refractivity (Wildman–Crippen MR) is 141 cm³/mol. The fourth-order valence-corrected chi connectivity index (χ4v) is 3.37. The third-order valence-electron chi connectivity index (χ3n) is 5.75. The lowest BCUT2D eigenvalue weighted by Gasteiger charge is -2.18. The second-order valence-corrected chi connectivity index (χ2v) is 9.90. The molecule has 0 unspecified atom stereocenters. The summed E-state index contributed by atoms with van der Waals surface area (Å²) in [5.74, 6) is 1.60. The van der Waals surface area contributed by atoms with Crippen LogP contribution in [0.1, 0.15) is 130 Å². The summed E-state index contributed by atoms with van der Waals surface area (Å²) < 4.78 is 14.1. The molecule has 0 heterocycles. The summed E-state index contributed by atoms with van der Waals surface area (Å²) in [5.41, 5.74) is 2.62. The molecule has 0 radical (unpaired) electrons. The summed E-state index contributed by atoms with van der Waals surface area (Å²) in [4.78, 5) is 15.2. The van der Waals surface area contributed by atoms with Crippen LogP contribution >= 0.6 is 0 Å². The number of benzene rings is 1. The van der Waals surface area contributed by atoms with Crippen LogP contribution in [0.3, 0.4) is 0 Å². The van der Waals surface area contributed by atoms with Gasteiger partial charge >= 0.3 is 0 Å². The van der Waals surface area contributed by atoms with Gasteiger partial charge in [-0.2, -0.15) is 0 Å². The third kappa shape index (κ3) is 13.7. The Kier molecular flexibility index (Phi) is 15.4. The zero-order valence-corrected chi connectivity index (χ0v) is 22.9. The number of ketones is 1. The predicted octanol–water partition coefficient (Wildman–Crippen LogP) is 8.86. The van der Waals surface area contributed by atoms with E-state index in [2.05, 4.69) is 18.8 Å². The Morgan fingerprint density at radius 3 is 2.03 bits per heavy atom. The molecular weight excluding hydrogens is 413 g/mol. The van der Waals surface area contributed by atoms with Gasteiger partial charge in [0.2, 0.25) is 0 Å². The average Bonchev–Trinajstić information content (AvgIpc) is 3.56. The number of aliphatic imine (C=N–C) groups is 1. The summed E-state index contributed by atoms with van der Waals surface area (Å²) >= 11 is 0. The Bertz CT molecular complexity index is 726. The molecule has 2 aliphatic rings. The molecule has 190 valence electrons. The molecule has 0 bridgehead atoms. The highest BCUT2D eigenvalue weighted by Gasteiger charge is 2.27. The number of rotatable bonds is 7. The summed E-state index contributed by atoms with van der Waals surface area (Å²) in [6.45, 7) is 17.4.